The van der Waals surface area contributed by atoms with E-state index in [0.29, 0.717) is 12.8 Å². The zero-order valence-electron chi connectivity index (χ0n) is 50.4. The third-order valence-corrected chi connectivity index (χ3v) is 14.6. The number of nitrogens with one attached hydrogen (secondary N) is 1. The summed E-state index contributed by atoms with van der Waals surface area (Å²) in [4.78, 5) is 13.2. The number of hydrogen-bond donors (Lipinski definition) is 9. The molecule has 12 atom stereocenters. The van der Waals surface area contributed by atoms with E-state index in [1.54, 1.807) is 6.08 Å². The first-order valence-corrected chi connectivity index (χ1v) is 31.8. The van der Waals surface area contributed by atoms with Crippen molar-refractivity contribution in [2.45, 2.75) is 280 Å². The fraction of sp³-hybridized carbons (Fsp3) is 0.691. The van der Waals surface area contributed by atoms with Crippen molar-refractivity contribution in [1.29, 1.82) is 0 Å². The zero-order valence-corrected chi connectivity index (χ0v) is 50.4. The van der Waals surface area contributed by atoms with Crippen molar-refractivity contribution in [1.82, 2.24) is 5.32 Å². The maximum atomic E-state index is 13.2. The Bertz CT molecular complexity index is 1840. The van der Waals surface area contributed by atoms with E-state index in [4.69, 9.17) is 18.9 Å². The lowest BCUT2D eigenvalue weighted by molar-refractivity contribution is -0.359. The van der Waals surface area contributed by atoms with Gasteiger partial charge in [0, 0.05) is 6.42 Å². The first-order chi connectivity index (χ1) is 40.1. The second-order valence-electron chi connectivity index (χ2n) is 21.8. The molecule has 12 unspecified atom stereocenters. The number of carbonyl (C=O) groups excluding carboxylic acids is 1. The largest absolute Gasteiger partial charge is 0.394 e. The van der Waals surface area contributed by atoms with E-state index in [1.807, 2.05) is 6.08 Å². The summed E-state index contributed by atoms with van der Waals surface area (Å²) in [6.07, 6.45) is 58.9. The van der Waals surface area contributed by atoms with Gasteiger partial charge in [-0.3, -0.25) is 4.79 Å². The van der Waals surface area contributed by atoms with Crippen LogP contribution in [0.5, 0.6) is 0 Å². The number of aliphatic hydroxyl groups excluding tert-OH is 8. The maximum absolute atomic E-state index is 13.2. The summed E-state index contributed by atoms with van der Waals surface area (Å²) in [6, 6.07) is -0.934. The summed E-state index contributed by atoms with van der Waals surface area (Å²) < 4.78 is 22.6. The van der Waals surface area contributed by atoms with E-state index >= 15 is 0 Å². The van der Waals surface area contributed by atoms with Crippen LogP contribution >= 0.6 is 0 Å². The molecule has 82 heavy (non-hydrogen) atoms. The summed E-state index contributed by atoms with van der Waals surface area (Å²) in [5.41, 5.74) is 0. The molecule has 9 N–H and O–H groups in total. The van der Waals surface area contributed by atoms with Crippen LogP contribution in [0, 0.1) is 0 Å². The lowest BCUT2D eigenvalue weighted by Gasteiger charge is -2.46. The van der Waals surface area contributed by atoms with Crippen LogP contribution in [0.25, 0.3) is 0 Å². The lowest BCUT2D eigenvalue weighted by atomic mass is 9.97. The Kier molecular flexibility index (Phi) is 47.0. The van der Waals surface area contributed by atoms with Gasteiger partial charge < -0.3 is 65.1 Å². The van der Waals surface area contributed by atoms with Gasteiger partial charge in [-0.2, -0.15) is 0 Å². The molecular weight excluding hydrogens is 1040 g/mol. The molecule has 2 aliphatic rings. The number of carbonyl (C=O) groups is 1. The van der Waals surface area contributed by atoms with E-state index in [1.165, 1.54) is 83.5 Å². The Labute approximate surface area is 495 Å². The molecule has 2 fully saturated rings. The van der Waals surface area contributed by atoms with E-state index in [9.17, 15) is 45.6 Å². The molecule has 1 amide bonds. The van der Waals surface area contributed by atoms with Crippen molar-refractivity contribution in [2.24, 2.45) is 0 Å². The minimum Gasteiger partial charge on any atom is -0.394 e. The smallest absolute Gasteiger partial charge is 0.220 e. The average molecular weight is 1150 g/mol. The van der Waals surface area contributed by atoms with Gasteiger partial charge in [-0.05, 0) is 89.9 Å². The van der Waals surface area contributed by atoms with Gasteiger partial charge in [-0.15, -0.1) is 0 Å². The number of unbranched alkanes of at least 4 members (excludes halogenated alkanes) is 18. The topological polar surface area (TPSA) is 228 Å². The molecule has 14 heteroatoms. The molecule has 0 aromatic heterocycles. The number of hydrogen-bond acceptors (Lipinski definition) is 13. The molecule has 0 aromatic carbocycles. The van der Waals surface area contributed by atoms with Crippen LogP contribution in [0.4, 0.5) is 0 Å². The molecule has 14 nitrogen and oxygen atoms in total. The number of ether oxygens (including phenoxy) is 4. The van der Waals surface area contributed by atoms with Gasteiger partial charge >= 0.3 is 0 Å². The van der Waals surface area contributed by atoms with Crippen LogP contribution in [-0.4, -0.2) is 140 Å². The summed E-state index contributed by atoms with van der Waals surface area (Å²) in [7, 11) is 0. The number of allylic oxidation sites excluding steroid dienone is 19. The molecule has 0 saturated carbocycles. The van der Waals surface area contributed by atoms with Crippen LogP contribution in [-0.2, 0) is 23.7 Å². The number of rotatable bonds is 49. The molecule has 2 rings (SSSR count). The van der Waals surface area contributed by atoms with E-state index in [0.717, 1.165) is 89.9 Å². The molecule has 0 bridgehead atoms. The van der Waals surface area contributed by atoms with Gasteiger partial charge in [0.1, 0.15) is 48.8 Å². The Morgan fingerprint density at radius 2 is 0.854 bits per heavy atom. The van der Waals surface area contributed by atoms with Gasteiger partial charge in [-0.25, -0.2) is 0 Å². The predicted molar refractivity (Wildman–Crippen MR) is 332 cm³/mol. The van der Waals surface area contributed by atoms with Gasteiger partial charge in [0.05, 0.1) is 32.0 Å². The van der Waals surface area contributed by atoms with Crippen molar-refractivity contribution in [3.05, 3.63) is 122 Å². The molecule has 0 aromatic rings. The zero-order chi connectivity index (χ0) is 59.5. The minimum absolute atomic E-state index is 0.258. The first kappa shape index (κ1) is 74.5. The second-order valence-corrected chi connectivity index (χ2v) is 21.8. The van der Waals surface area contributed by atoms with Crippen LogP contribution in [0.2, 0.25) is 0 Å². The molecule has 2 saturated heterocycles. The molecule has 2 heterocycles. The van der Waals surface area contributed by atoms with E-state index in [2.05, 4.69) is 129 Å². The summed E-state index contributed by atoms with van der Waals surface area (Å²) in [5.74, 6) is -0.258. The maximum Gasteiger partial charge on any atom is 0.220 e. The normalized spacial score (nSPS) is 24.8. The highest BCUT2D eigenvalue weighted by atomic mass is 16.7. The minimum atomic E-state index is -1.79. The summed E-state index contributed by atoms with van der Waals surface area (Å²) in [6.45, 7) is 2.52. The van der Waals surface area contributed by atoms with Gasteiger partial charge in [0.25, 0.3) is 0 Å². The summed E-state index contributed by atoms with van der Waals surface area (Å²) in [5, 5.41) is 86.6. The Balaban J connectivity index is 1.52. The number of aliphatic hydroxyl groups is 8. The molecule has 468 valence electrons. The van der Waals surface area contributed by atoms with Crippen LogP contribution in [0.3, 0.4) is 0 Å². The van der Waals surface area contributed by atoms with E-state index in [-0.39, 0.29) is 18.9 Å². The Morgan fingerprint density at radius 3 is 1.33 bits per heavy atom. The highest BCUT2D eigenvalue weighted by Gasteiger charge is 2.51. The van der Waals surface area contributed by atoms with Crippen molar-refractivity contribution in [3.63, 3.8) is 0 Å². The standard InChI is InChI=1S/C68H113NO13/c1-3-5-7-9-11-12-13-14-15-16-17-18-19-20-21-22-23-24-25-26-27-28-29-30-31-32-33-34-35-36-37-38-39-40-41-42-43-44-46-48-50-52-60(73)69-56(57(72)51-49-47-45-10-8-6-4-2)55-79-67-65(78)63(76)66(59(54-71)81-67)82-68-64(77)62(75)61(74)58(53-70)80-68/h5,7-8,10-12,14-15,17-18,20-21,23-24,26-27,29-30,49,51,56-59,61-68,70-72,74-78H,3-4,6,9,13,16,19,22,25,28,31-48,50,52-55H2,1-2H3,(H,69,73)/b7-5-,10-8+,12-11-,15-14-,18-17-,21-20-,24-23-,27-26-,30-29-,51-49+. The fourth-order valence-electron chi connectivity index (χ4n) is 9.57. The third-order valence-electron chi connectivity index (χ3n) is 14.6. The lowest BCUT2D eigenvalue weighted by Crippen LogP contribution is -2.65. The first-order valence-electron chi connectivity index (χ1n) is 31.8. The van der Waals surface area contributed by atoms with Gasteiger partial charge in [0.2, 0.25) is 5.91 Å². The summed E-state index contributed by atoms with van der Waals surface area (Å²) >= 11 is 0. The third kappa shape index (κ3) is 36.3. The highest BCUT2D eigenvalue weighted by Crippen LogP contribution is 2.30. The van der Waals surface area contributed by atoms with Crippen LogP contribution in [0.15, 0.2) is 122 Å². The molecular formula is C68H113NO13. The van der Waals surface area contributed by atoms with E-state index < -0.39 is 86.8 Å². The highest BCUT2D eigenvalue weighted by molar-refractivity contribution is 5.76. The monoisotopic (exact) mass is 1150 g/mol. The molecule has 0 radical (unpaired) electrons. The quantitative estimate of drug-likeness (QED) is 0.0204. The SMILES string of the molecule is CC/C=C\C/C=C\C/C=C\C/C=C\C/C=C\C/C=C\C/C=C\C/C=C\CCCCCCCCCCCCCCCCCCC(=O)NC(COC1OC(CO)C(OC2OC(CO)C(O)C(O)C2O)C(O)C1O)C(O)/C=C/CC/C=C/CCC. The van der Waals surface area contributed by atoms with Crippen molar-refractivity contribution < 1.29 is 64.6 Å². The van der Waals surface area contributed by atoms with Gasteiger partial charge in [0.15, 0.2) is 12.6 Å². The van der Waals surface area contributed by atoms with Crippen molar-refractivity contribution >= 4 is 5.91 Å². The van der Waals surface area contributed by atoms with Crippen molar-refractivity contribution in [2.75, 3.05) is 19.8 Å². The van der Waals surface area contributed by atoms with Crippen molar-refractivity contribution in [3.8, 4) is 0 Å². The fourth-order valence-corrected chi connectivity index (χ4v) is 9.57. The Hall–Kier alpha value is -3.61. The Morgan fingerprint density at radius 1 is 0.451 bits per heavy atom. The predicted octanol–water partition coefficient (Wildman–Crippen LogP) is 11.8. The second kappa shape index (κ2) is 51.8. The van der Waals surface area contributed by atoms with Crippen LogP contribution < -0.4 is 5.32 Å². The molecule has 0 aliphatic carbocycles. The molecule has 2 aliphatic heterocycles. The number of amides is 1. The average Bonchev–Trinajstić information content (AvgIpc) is 3.65. The van der Waals surface area contributed by atoms with Crippen LogP contribution in [0.1, 0.15) is 206 Å². The molecule has 0 spiro atoms. The van der Waals surface area contributed by atoms with Gasteiger partial charge in [-0.1, -0.05) is 232 Å².